The summed E-state index contributed by atoms with van der Waals surface area (Å²) in [7, 11) is 0. The number of aromatic amines is 1. The third-order valence-electron chi connectivity index (χ3n) is 2.75. The van der Waals surface area contributed by atoms with Gasteiger partial charge in [0.25, 0.3) is 5.91 Å². The first-order valence-corrected chi connectivity index (χ1v) is 6.96. The van der Waals surface area contributed by atoms with Crippen molar-refractivity contribution in [1.29, 1.82) is 0 Å². The van der Waals surface area contributed by atoms with Gasteiger partial charge in [-0.05, 0) is 31.6 Å². The first kappa shape index (κ1) is 14.9. The number of carboxylic acid groups (broad SMARTS) is 1. The third-order valence-corrected chi connectivity index (χ3v) is 3.95. The number of carboxylic acids is 1. The van der Waals surface area contributed by atoms with Gasteiger partial charge in [0.2, 0.25) is 0 Å². The van der Waals surface area contributed by atoms with E-state index in [0.717, 1.165) is 16.5 Å². The number of hydrogen-bond donors (Lipinski definition) is 3. The molecule has 0 aliphatic carbocycles. The summed E-state index contributed by atoms with van der Waals surface area (Å²) in [4.78, 5) is 27.9. The van der Waals surface area contributed by atoms with Crippen LogP contribution in [-0.4, -0.2) is 32.2 Å². The minimum absolute atomic E-state index is 0.234. The molecular weight excluding hydrogens is 292 g/mol. The lowest BCUT2D eigenvalue weighted by Gasteiger charge is -2.09. The van der Waals surface area contributed by atoms with Gasteiger partial charge < -0.3 is 10.4 Å². The number of aryl methyl sites for hydroxylation is 1. The molecule has 1 atom stereocenters. The molecule has 1 amide bonds. The molecule has 2 aromatic rings. The normalized spacial score (nSPS) is 12.5. The Morgan fingerprint density at radius 1 is 1.52 bits per heavy atom. The Hall–Kier alpha value is -2.48. The molecule has 0 fully saturated rings. The molecule has 2 rings (SSSR count). The average Bonchev–Trinajstić information content (AvgIpc) is 3.05. The predicted octanol–water partition coefficient (Wildman–Crippen LogP) is 1.76. The second kappa shape index (κ2) is 6.31. The first-order valence-electron chi connectivity index (χ1n) is 6.15. The number of rotatable bonds is 5. The topological polar surface area (TPSA) is 108 Å². The van der Waals surface area contributed by atoms with E-state index in [0.29, 0.717) is 10.7 Å². The van der Waals surface area contributed by atoms with Crippen molar-refractivity contribution < 1.29 is 14.7 Å². The highest BCUT2D eigenvalue weighted by atomic mass is 32.1. The lowest BCUT2D eigenvalue weighted by atomic mass is 10.2. The quantitative estimate of drug-likeness (QED) is 0.729. The number of carbonyl (C=O) groups is 2. The molecular formula is C13H14N4O3S. The van der Waals surface area contributed by atoms with Gasteiger partial charge in [-0.1, -0.05) is 0 Å². The molecule has 21 heavy (non-hydrogen) atoms. The fourth-order valence-corrected chi connectivity index (χ4v) is 2.66. The second-order valence-corrected chi connectivity index (χ2v) is 5.48. The molecule has 0 spiro atoms. The summed E-state index contributed by atoms with van der Waals surface area (Å²) in [5, 5.41) is 17.9. The van der Waals surface area contributed by atoms with E-state index in [-0.39, 0.29) is 11.9 Å². The highest BCUT2D eigenvalue weighted by molar-refractivity contribution is 7.15. The van der Waals surface area contributed by atoms with Crippen molar-refractivity contribution in [2.24, 2.45) is 0 Å². The van der Waals surface area contributed by atoms with Gasteiger partial charge in [-0.25, -0.2) is 9.78 Å². The number of H-pyrrole nitrogens is 1. The third kappa shape index (κ3) is 3.76. The molecule has 0 bridgehead atoms. The van der Waals surface area contributed by atoms with Crippen molar-refractivity contribution in [3.8, 4) is 0 Å². The van der Waals surface area contributed by atoms with Crippen molar-refractivity contribution in [2.45, 2.75) is 19.9 Å². The number of carbonyl (C=O) groups excluding carboxylic acids is 1. The zero-order valence-corrected chi connectivity index (χ0v) is 12.3. The van der Waals surface area contributed by atoms with E-state index in [1.54, 1.807) is 13.0 Å². The molecule has 2 aromatic heterocycles. The molecule has 7 nitrogen and oxygen atoms in total. The van der Waals surface area contributed by atoms with Crippen molar-refractivity contribution in [3.63, 3.8) is 0 Å². The number of hydrogen-bond acceptors (Lipinski definition) is 5. The molecule has 0 saturated carbocycles. The SMILES string of the molecule is Cc1cc(C(=O)NC(C)c2ncn[nH]2)sc1/C=C/C(=O)O. The summed E-state index contributed by atoms with van der Waals surface area (Å²) >= 11 is 1.24. The molecule has 0 aliphatic rings. The van der Waals surface area contributed by atoms with Crippen molar-refractivity contribution >= 4 is 29.3 Å². The molecule has 110 valence electrons. The van der Waals surface area contributed by atoms with E-state index in [9.17, 15) is 9.59 Å². The van der Waals surface area contributed by atoms with Crippen molar-refractivity contribution in [2.75, 3.05) is 0 Å². The molecule has 0 radical (unpaired) electrons. The number of aliphatic carboxylic acids is 1. The van der Waals surface area contributed by atoms with Crippen LogP contribution >= 0.6 is 11.3 Å². The predicted molar refractivity (Wildman–Crippen MR) is 78.0 cm³/mol. The lowest BCUT2D eigenvalue weighted by molar-refractivity contribution is -0.131. The maximum absolute atomic E-state index is 12.2. The number of nitrogens with zero attached hydrogens (tertiary/aromatic N) is 2. The molecule has 2 heterocycles. The van der Waals surface area contributed by atoms with E-state index < -0.39 is 5.97 Å². The minimum Gasteiger partial charge on any atom is -0.478 e. The zero-order valence-electron chi connectivity index (χ0n) is 11.5. The van der Waals surface area contributed by atoms with E-state index in [1.165, 1.54) is 23.7 Å². The Labute approximate surface area is 124 Å². The number of aromatic nitrogens is 3. The Morgan fingerprint density at radius 2 is 2.29 bits per heavy atom. The van der Waals surface area contributed by atoms with Crippen LogP contribution in [0.25, 0.3) is 6.08 Å². The summed E-state index contributed by atoms with van der Waals surface area (Å²) in [6, 6.07) is 1.44. The fraction of sp³-hybridized carbons (Fsp3) is 0.231. The molecule has 0 aromatic carbocycles. The Kier molecular flexibility index (Phi) is 4.49. The van der Waals surface area contributed by atoms with Gasteiger partial charge in [0.15, 0.2) is 0 Å². The summed E-state index contributed by atoms with van der Waals surface area (Å²) in [6.45, 7) is 3.62. The minimum atomic E-state index is -1.02. The number of thiophene rings is 1. The van der Waals surface area contributed by atoms with Crippen LogP contribution in [0.4, 0.5) is 0 Å². The van der Waals surface area contributed by atoms with Gasteiger partial charge in [-0.2, -0.15) is 5.10 Å². The fourth-order valence-electron chi connectivity index (χ4n) is 1.68. The second-order valence-electron chi connectivity index (χ2n) is 4.40. The highest BCUT2D eigenvalue weighted by Crippen LogP contribution is 2.23. The van der Waals surface area contributed by atoms with Gasteiger partial charge in [0, 0.05) is 11.0 Å². The molecule has 3 N–H and O–H groups in total. The first-order chi connectivity index (χ1) is 9.97. The lowest BCUT2D eigenvalue weighted by Crippen LogP contribution is -2.26. The van der Waals surface area contributed by atoms with Crippen LogP contribution in [-0.2, 0) is 4.79 Å². The zero-order chi connectivity index (χ0) is 15.4. The number of nitrogens with one attached hydrogen (secondary N) is 2. The highest BCUT2D eigenvalue weighted by Gasteiger charge is 2.16. The number of amides is 1. The van der Waals surface area contributed by atoms with Crippen LogP contribution in [0.1, 0.15) is 38.9 Å². The summed E-state index contributed by atoms with van der Waals surface area (Å²) in [5.74, 6) is -0.683. The Balaban J connectivity index is 2.09. The molecule has 8 heteroatoms. The average molecular weight is 306 g/mol. The Bertz CT molecular complexity index is 676. The standard InChI is InChI=1S/C13H14N4O3S/c1-7-5-10(21-9(7)3-4-11(18)19)13(20)16-8(2)12-14-6-15-17-12/h3-6,8H,1-2H3,(H,16,20)(H,18,19)(H,14,15,17)/b4-3+. The summed E-state index contributed by atoms with van der Waals surface area (Å²) in [6.07, 6.45) is 3.92. The van der Waals surface area contributed by atoms with Gasteiger partial charge in [0.1, 0.15) is 12.2 Å². The smallest absolute Gasteiger partial charge is 0.328 e. The van der Waals surface area contributed by atoms with Gasteiger partial charge in [-0.3, -0.25) is 9.89 Å². The van der Waals surface area contributed by atoms with Gasteiger partial charge in [-0.15, -0.1) is 11.3 Å². The van der Waals surface area contributed by atoms with E-state index in [1.807, 2.05) is 6.92 Å². The Morgan fingerprint density at radius 3 is 2.90 bits per heavy atom. The van der Waals surface area contributed by atoms with Crippen molar-refractivity contribution in [3.05, 3.63) is 39.6 Å². The van der Waals surface area contributed by atoms with Crippen LogP contribution in [0.15, 0.2) is 18.5 Å². The van der Waals surface area contributed by atoms with Crippen LogP contribution < -0.4 is 5.32 Å². The maximum Gasteiger partial charge on any atom is 0.328 e. The van der Waals surface area contributed by atoms with E-state index >= 15 is 0 Å². The van der Waals surface area contributed by atoms with E-state index in [4.69, 9.17) is 5.11 Å². The van der Waals surface area contributed by atoms with Crippen LogP contribution in [0.2, 0.25) is 0 Å². The van der Waals surface area contributed by atoms with Crippen LogP contribution in [0, 0.1) is 6.92 Å². The monoisotopic (exact) mass is 306 g/mol. The van der Waals surface area contributed by atoms with Crippen molar-refractivity contribution in [1.82, 2.24) is 20.5 Å². The van der Waals surface area contributed by atoms with Gasteiger partial charge in [0.05, 0.1) is 10.9 Å². The molecule has 0 aliphatic heterocycles. The maximum atomic E-state index is 12.2. The molecule has 1 unspecified atom stereocenters. The summed E-state index contributed by atoms with van der Waals surface area (Å²) in [5.41, 5.74) is 0.856. The van der Waals surface area contributed by atoms with Gasteiger partial charge >= 0.3 is 5.97 Å². The summed E-state index contributed by atoms with van der Waals surface area (Å²) < 4.78 is 0. The van der Waals surface area contributed by atoms with Crippen LogP contribution in [0.3, 0.4) is 0 Å². The largest absolute Gasteiger partial charge is 0.478 e. The molecule has 0 saturated heterocycles. The van der Waals surface area contributed by atoms with Crippen LogP contribution in [0.5, 0.6) is 0 Å². The van der Waals surface area contributed by atoms with E-state index in [2.05, 4.69) is 20.5 Å².